The number of nitrogens with zero attached hydrogens (tertiary/aromatic N) is 1. The zero-order chi connectivity index (χ0) is 16.6. The highest BCUT2D eigenvalue weighted by Crippen LogP contribution is 2.49. The van der Waals surface area contributed by atoms with E-state index in [1.54, 1.807) is 6.07 Å². The Hall–Kier alpha value is -1.95. The molecule has 0 bridgehead atoms. The van der Waals surface area contributed by atoms with Gasteiger partial charge in [0, 0.05) is 17.6 Å². The summed E-state index contributed by atoms with van der Waals surface area (Å²) in [5.41, 5.74) is 0.176. The highest BCUT2D eigenvalue weighted by molar-refractivity contribution is 7.17. The molecule has 0 fully saturated rings. The van der Waals surface area contributed by atoms with Crippen molar-refractivity contribution in [3.63, 3.8) is 0 Å². The van der Waals surface area contributed by atoms with Crippen LogP contribution < -0.4 is 4.90 Å². The molecule has 1 aromatic heterocycles. The first-order valence-corrected chi connectivity index (χ1v) is 8.19. The number of halogens is 3. The van der Waals surface area contributed by atoms with Crippen molar-refractivity contribution < 1.29 is 18.3 Å². The number of hydrogen-bond acceptors (Lipinski definition) is 3. The summed E-state index contributed by atoms with van der Waals surface area (Å²) < 4.78 is 38.9. The zero-order valence-corrected chi connectivity index (χ0v) is 13.3. The van der Waals surface area contributed by atoms with Crippen molar-refractivity contribution in [2.45, 2.75) is 25.9 Å². The molecule has 1 aromatic carbocycles. The normalized spacial score (nSPS) is 14.7. The minimum absolute atomic E-state index is 0.0899. The second-order valence-corrected chi connectivity index (χ2v) is 6.44. The second-order valence-electron chi connectivity index (χ2n) is 5.35. The van der Waals surface area contributed by atoms with Crippen molar-refractivity contribution in [3.8, 4) is 16.9 Å². The molecule has 2 aromatic rings. The molecule has 0 aliphatic carbocycles. The van der Waals surface area contributed by atoms with Gasteiger partial charge in [-0.25, -0.2) is 0 Å². The monoisotopic (exact) mass is 339 g/mol. The van der Waals surface area contributed by atoms with Gasteiger partial charge in [-0.1, -0.05) is 25.1 Å². The van der Waals surface area contributed by atoms with Crippen LogP contribution in [0.25, 0.3) is 11.1 Å². The molecule has 2 nitrogen and oxygen atoms in total. The minimum Gasteiger partial charge on any atom is -0.506 e. The van der Waals surface area contributed by atoms with E-state index in [0.29, 0.717) is 17.5 Å². The van der Waals surface area contributed by atoms with Gasteiger partial charge in [0.15, 0.2) is 0 Å². The first-order valence-electron chi connectivity index (χ1n) is 7.37. The molecule has 0 atom stereocenters. The number of aryl methyl sites for hydroxylation is 1. The number of aromatic hydroxyl groups is 1. The lowest BCUT2D eigenvalue weighted by Crippen LogP contribution is -2.11. The van der Waals surface area contributed by atoms with Gasteiger partial charge in [0.2, 0.25) is 0 Å². The second kappa shape index (κ2) is 5.92. The smallest absolute Gasteiger partial charge is 0.416 e. The van der Waals surface area contributed by atoms with E-state index in [-0.39, 0.29) is 5.75 Å². The van der Waals surface area contributed by atoms with E-state index in [0.717, 1.165) is 35.0 Å². The molecule has 0 radical (unpaired) electrons. The number of benzene rings is 1. The van der Waals surface area contributed by atoms with Crippen molar-refractivity contribution in [2.24, 2.45) is 0 Å². The van der Waals surface area contributed by atoms with Crippen LogP contribution in [0.4, 0.5) is 18.2 Å². The van der Waals surface area contributed by atoms with Gasteiger partial charge in [0.1, 0.15) is 10.8 Å². The molecule has 6 heteroatoms. The number of anilines is 1. The predicted molar refractivity (Wildman–Crippen MR) is 86.9 cm³/mol. The Labute approximate surface area is 136 Å². The van der Waals surface area contributed by atoms with Gasteiger partial charge in [0.05, 0.1) is 11.1 Å². The topological polar surface area (TPSA) is 23.5 Å². The van der Waals surface area contributed by atoms with Gasteiger partial charge in [-0.15, -0.1) is 11.3 Å². The van der Waals surface area contributed by atoms with Crippen LogP contribution in [0.15, 0.2) is 36.5 Å². The average molecular weight is 339 g/mol. The first-order chi connectivity index (χ1) is 10.9. The predicted octanol–water partition coefficient (Wildman–Crippen LogP) is 5.43. The van der Waals surface area contributed by atoms with Crippen molar-refractivity contribution in [1.82, 2.24) is 0 Å². The molecule has 0 saturated carbocycles. The maximum atomic E-state index is 13.0. The SMILES string of the molecule is CCc1sc(N2C=CCC2)c(-c2cccc(C(F)(F)F)c2)c1O. The molecule has 1 N–H and O–H groups in total. The van der Waals surface area contributed by atoms with E-state index in [1.807, 2.05) is 24.1 Å². The summed E-state index contributed by atoms with van der Waals surface area (Å²) >= 11 is 1.43. The van der Waals surface area contributed by atoms with Crippen LogP contribution >= 0.6 is 11.3 Å². The molecule has 1 aliphatic rings. The van der Waals surface area contributed by atoms with E-state index < -0.39 is 11.7 Å². The Balaban J connectivity index is 2.15. The lowest BCUT2D eigenvalue weighted by atomic mass is 10.0. The van der Waals surface area contributed by atoms with Gasteiger partial charge in [-0.3, -0.25) is 0 Å². The summed E-state index contributed by atoms with van der Waals surface area (Å²) in [6, 6.07) is 5.14. The maximum absolute atomic E-state index is 13.0. The summed E-state index contributed by atoms with van der Waals surface area (Å²) in [5.74, 6) is 0.0899. The van der Waals surface area contributed by atoms with Crippen molar-refractivity contribution in [2.75, 3.05) is 11.4 Å². The molecular weight excluding hydrogens is 323 g/mol. The maximum Gasteiger partial charge on any atom is 0.416 e. The third-order valence-corrected chi connectivity index (χ3v) is 5.18. The summed E-state index contributed by atoms with van der Waals surface area (Å²) in [7, 11) is 0. The molecule has 2 heterocycles. The van der Waals surface area contributed by atoms with Crippen molar-refractivity contribution in [3.05, 3.63) is 47.0 Å². The molecule has 0 spiro atoms. The molecule has 0 unspecified atom stereocenters. The molecule has 3 rings (SSSR count). The number of thiophene rings is 1. The van der Waals surface area contributed by atoms with Gasteiger partial charge >= 0.3 is 6.18 Å². The van der Waals surface area contributed by atoms with Gasteiger partial charge in [-0.2, -0.15) is 13.2 Å². The van der Waals surface area contributed by atoms with E-state index in [2.05, 4.69) is 0 Å². The highest BCUT2D eigenvalue weighted by Gasteiger charge is 2.31. The van der Waals surface area contributed by atoms with Crippen LogP contribution in [0.3, 0.4) is 0 Å². The Kier molecular flexibility index (Phi) is 4.10. The van der Waals surface area contributed by atoms with Gasteiger partial charge < -0.3 is 10.0 Å². The number of hydrogen-bond donors (Lipinski definition) is 1. The standard InChI is InChI=1S/C17H16F3NOS/c1-2-13-15(22)14(16(23-13)21-8-3-4-9-21)11-6-5-7-12(10-11)17(18,19)20/h3,5-8,10,22H,2,4,9H2,1H3. The zero-order valence-electron chi connectivity index (χ0n) is 12.5. The minimum atomic E-state index is -4.40. The third-order valence-electron chi connectivity index (χ3n) is 3.82. The molecule has 1 aliphatic heterocycles. The lowest BCUT2D eigenvalue weighted by Gasteiger charge is -2.16. The van der Waals surface area contributed by atoms with Gasteiger partial charge in [-0.05, 0) is 30.5 Å². The summed E-state index contributed by atoms with van der Waals surface area (Å²) in [5, 5.41) is 11.3. The van der Waals surface area contributed by atoms with Crippen LogP contribution in [-0.2, 0) is 12.6 Å². The fourth-order valence-corrected chi connectivity index (χ4v) is 3.83. The Morgan fingerprint density at radius 1 is 1.30 bits per heavy atom. The quantitative estimate of drug-likeness (QED) is 0.806. The average Bonchev–Trinajstić information content (AvgIpc) is 3.14. The number of alkyl halides is 3. The van der Waals surface area contributed by atoms with Crippen LogP contribution in [0.1, 0.15) is 23.8 Å². The first kappa shape index (κ1) is 15.9. The largest absolute Gasteiger partial charge is 0.506 e. The van der Waals surface area contributed by atoms with E-state index in [1.165, 1.54) is 17.4 Å². The van der Waals surface area contributed by atoms with Crippen LogP contribution in [0.5, 0.6) is 5.75 Å². The Morgan fingerprint density at radius 3 is 2.70 bits per heavy atom. The lowest BCUT2D eigenvalue weighted by molar-refractivity contribution is -0.137. The Bertz CT molecular complexity index is 749. The number of rotatable bonds is 3. The Morgan fingerprint density at radius 2 is 2.09 bits per heavy atom. The van der Waals surface area contributed by atoms with Crippen LogP contribution in [0.2, 0.25) is 0 Å². The summed E-state index contributed by atoms with van der Waals surface area (Å²) in [4.78, 5) is 2.77. The molecule has 0 saturated heterocycles. The van der Waals surface area contributed by atoms with Crippen molar-refractivity contribution in [1.29, 1.82) is 0 Å². The van der Waals surface area contributed by atoms with Gasteiger partial charge in [0.25, 0.3) is 0 Å². The van der Waals surface area contributed by atoms with E-state index in [9.17, 15) is 18.3 Å². The fourth-order valence-electron chi connectivity index (χ4n) is 2.67. The molecule has 23 heavy (non-hydrogen) atoms. The summed E-state index contributed by atoms with van der Waals surface area (Å²) in [6.45, 7) is 2.69. The van der Waals surface area contributed by atoms with E-state index >= 15 is 0 Å². The summed E-state index contributed by atoms with van der Waals surface area (Å²) in [6.07, 6.45) is 1.06. The van der Waals surface area contributed by atoms with Crippen LogP contribution in [-0.4, -0.2) is 11.7 Å². The third kappa shape index (κ3) is 2.95. The fraction of sp³-hybridized carbons (Fsp3) is 0.294. The molecule has 122 valence electrons. The molecule has 0 amide bonds. The van der Waals surface area contributed by atoms with E-state index in [4.69, 9.17) is 0 Å². The van der Waals surface area contributed by atoms with Crippen LogP contribution in [0, 0.1) is 0 Å². The highest BCUT2D eigenvalue weighted by atomic mass is 32.1. The van der Waals surface area contributed by atoms with Crippen molar-refractivity contribution >= 4 is 16.3 Å². The molecular formula is C17H16F3NOS.